The van der Waals surface area contributed by atoms with Crippen LogP contribution in [0.15, 0.2) is 39.9 Å². The van der Waals surface area contributed by atoms with Gasteiger partial charge < -0.3 is 9.88 Å². The van der Waals surface area contributed by atoms with Crippen LogP contribution in [0.4, 0.5) is 5.69 Å². The van der Waals surface area contributed by atoms with E-state index < -0.39 is 11.2 Å². The van der Waals surface area contributed by atoms with Gasteiger partial charge in [0.25, 0.3) is 5.56 Å². The summed E-state index contributed by atoms with van der Waals surface area (Å²) in [6.45, 7) is 0.656. The van der Waals surface area contributed by atoms with Crippen molar-refractivity contribution in [2.45, 2.75) is 19.3 Å². The summed E-state index contributed by atoms with van der Waals surface area (Å²) in [4.78, 5) is 41.2. The quantitative estimate of drug-likeness (QED) is 0.846. The molecule has 6 nitrogen and oxygen atoms in total. The summed E-state index contributed by atoms with van der Waals surface area (Å²) in [5.74, 6) is -0.122. The van der Waals surface area contributed by atoms with Gasteiger partial charge in [0.2, 0.25) is 5.91 Å². The van der Waals surface area contributed by atoms with Gasteiger partial charge in [0.1, 0.15) is 0 Å². The molecule has 0 fully saturated rings. The monoisotopic (exact) mass is 285 g/mol. The van der Waals surface area contributed by atoms with Crippen LogP contribution < -0.4 is 16.1 Å². The Labute approximate surface area is 120 Å². The summed E-state index contributed by atoms with van der Waals surface area (Å²) in [6.07, 6.45) is 1.88. The maximum absolute atomic E-state index is 12.4. The second kappa shape index (κ2) is 5.40. The van der Waals surface area contributed by atoms with E-state index in [9.17, 15) is 14.4 Å². The zero-order valence-corrected chi connectivity index (χ0v) is 11.4. The number of hydrogen-bond acceptors (Lipinski definition) is 3. The van der Waals surface area contributed by atoms with Crippen molar-refractivity contribution in [3.05, 3.63) is 62.4 Å². The molecule has 0 aliphatic carbocycles. The third-order valence-corrected chi connectivity index (χ3v) is 3.57. The van der Waals surface area contributed by atoms with Gasteiger partial charge in [-0.25, -0.2) is 4.79 Å². The summed E-state index contributed by atoms with van der Waals surface area (Å²) in [5, 5.41) is 0. The van der Waals surface area contributed by atoms with Crippen LogP contribution in [0.1, 0.15) is 17.7 Å². The maximum Gasteiger partial charge on any atom is 0.325 e. The third kappa shape index (κ3) is 2.79. The molecule has 2 N–H and O–H groups in total. The lowest BCUT2D eigenvalue weighted by Gasteiger charge is -2.29. The number of nitrogens with zero attached hydrogens (tertiary/aromatic N) is 1. The number of hydrogen-bond donors (Lipinski definition) is 2. The van der Waals surface area contributed by atoms with E-state index in [0.29, 0.717) is 12.2 Å². The van der Waals surface area contributed by atoms with Gasteiger partial charge in [0.05, 0.1) is 6.42 Å². The Bertz CT molecular complexity index is 763. The van der Waals surface area contributed by atoms with Crippen molar-refractivity contribution in [1.82, 2.24) is 9.97 Å². The number of carbonyl (C=O) groups is 1. The third-order valence-electron chi connectivity index (χ3n) is 3.57. The Balaban J connectivity index is 1.86. The number of para-hydroxylation sites is 1. The molecule has 0 saturated heterocycles. The molecule has 1 aromatic heterocycles. The molecular formula is C15H15N3O3. The summed E-state index contributed by atoms with van der Waals surface area (Å²) in [5.41, 5.74) is 1.30. The summed E-state index contributed by atoms with van der Waals surface area (Å²) in [7, 11) is 0. The highest BCUT2D eigenvalue weighted by Gasteiger charge is 2.22. The van der Waals surface area contributed by atoms with Gasteiger partial charge in [0.15, 0.2) is 0 Å². The van der Waals surface area contributed by atoms with E-state index in [1.165, 1.54) is 6.07 Å². The van der Waals surface area contributed by atoms with E-state index >= 15 is 0 Å². The number of fused-ring (bicyclic) bond motifs is 1. The number of aromatic amines is 2. The summed E-state index contributed by atoms with van der Waals surface area (Å²) >= 11 is 0. The van der Waals surface area contributed by atoms with Crippen LogP contribution in [0, 0.1) is 0 Å². The molecule has 0 radical (unpaired) electrons. The molecule has 0 atom stereocenters. The molecule has 6 heteroatoms. The van der Waals surface area contributed by atoms with E-state index in [1.54, 1.807) is 4.90 Å². The van der Waals surface area contributed by atoms with Gasteiger partial charge in [0, 0.05) is 24.0 Å². The SMILES string of the molecule is O=C(Cc1cc(=O)[nH]c(=O)[nH]1)N1CCCc2ccccc21. The van der Waals surface area contributed by atoms with Gasteiger partial charge in [-0.05, 0) is 24.5 Å². The van der Waals surface area contributed by atoms with Gasteiger partial charge >= 0.3 is 5.69 Å². The lowest BCUT2D eigenvalue weighted by Crippen LogP contribution is -2.37. The Kier molecular flexibility index (Phi) is 3.43. The molecule has 1 aliphatic heterocycles. The largest absolute Gasteiger partial charge is 0.325 e. The number of nitrogens with one attached hydrogen (secondary N) is 2. The number of aryl methyl sites for hydroxylation is 1. The Morgan fingerprint density at radius 1 is 1.19 bits per heavy atom. The molecule has 0 bridgehead atoms. The van der Waals surface area contributed by atoms with Crippen LogP contribution in [0.2, 0.25) is 0 Å². The number of H-pyrrole nitrogens is 2. The van der Waals surface area contributed by atoms with Crippen LogP contribution in [0.25, 0.3) is 0 Å². The van der Waals surface area contributed by atoms with Crippen molar-refractivity contribution in [2.75, 3.05) is 11.4 Å². The van der Waals surface area contributed by atoms with Crippen molar-refractivity contribution in [3.63, 3.8) is 0 Å². The van der Waals surface area contributed by atoms with Gasteiger partial charge in [-0.2, -0.15) is 0 Å². The molecule has 0 spiro atoms. The van der Waals surface area contributed by atoms with E-state index in [2.05, 4.69) is 9.97 Å². The van der Waals surface area contributed by atoms with Crippen molar-refractivity contribution in [1.29, 1.82) is 0 Å². The van der Waals surface area contributed by atoms with E-state index in [-0.39, 0.29) is 12.3 Å². The molecule has 3 rings (SSSR count). The molecule has 21 heavy (non-hydrogen) atoms. The first-order chi connectivity index (χ1) is 10.1. The number of aromatic nitrogens is 2. The highest BCUT2D eigenvalue weighted by atomic mass is 16.2. The average Bonchev–Trinajstić information content (AvgIpc) is 2.45. The van der Waals surface area contributed by atoms with Crippen LogP contribution >= 0.6 is 0 Å². The van der Waals surface area contributed by atoms with Crippen molar-refractivity contribution >= 4 is 11.6 Å². The molecule has 1 aromatic carbocycles. The fourth-order valence-electron chi connectivity index (χ4n) is 2.67. The van der Waals surface area contributed by atoms with E-state index in [1.807, 2.05) is 24.3 Å². The zero-order chi connectivity index (χ0) is 14.8. The van der Waals surface area contributed by atoms with Gasteiger partial charge in [-0.1, -0.05) is 18.2 Å². The molecule has 2 aromatic rings. The molecule has 2 heterocycles. The molecule has 108 valence electrons. The van der Waals surface area contributed by atoms with E-state index in [0.717, 1.165) is 24.1 Å². The highest BCUT2D eigenvalue weighted by Crippen LogP contribution is 2.26. The zero-order valence-electron chi connectivity index (χ0n) is 11.4. The topological polar surface area (TPSA) is 86.0 Å². The maximum atomic E-state index is 12.4. The number of amides is 1. The molecule has 0 unspecified atom stereocenters. The fraction of sp³-hybridized carbons (Fsp3) is 0.267. The Morgan fingerprint density at radius 2 is 2.00 bits per heavy atom. The normalized spacial score (nSPS) is 13.8. The minimum atomic E-state index is -0.593. The number of rotatable bonds is 2. The second-order valence-corrected chi connectivity index (χ2v) is 5.07. The van der Waals surface area contributed by atoms with Crippen LogP contribution in [0.5, 0.6) is 0 Å². The van der Waals surface area contributed by atoms with Crippen molar-refractivity contribution in [2.24, 2.45) is 0 Å². The van der Waals surface area contributed by atoms with Crippen molar-refractivity contribution in [3.8, 4) is 0 Å². The standard InChI is InChI=1S/C15H15N3O3/c19-13-8-11(16-15(21)17-13)9-14(20)18-7-3-5-10-4-1-2-6-12(10)18/h1-2,4,6,8H,3,5,7,9H2,(H2,16,17,19,21). The summed E-state index contributed by atoms with van der Waals surface area (Å²) < 4.78 is 0. The fourth-order valence-corrected chi connectivity index (χ4v) is 2.67. The van der Waals surface area contributed by atoms with Crippen molar-refractivity contribution < 1.29 is 4.79 Å². The van der Waals surface area contributed by atoms with Crippen LogP contribution in [-0.4, -0.2) is 22.4 Å². The average molecular weight is 285 g/mol. The molecule has 0 saturated carbocycles. The molecule has 1 amide bonds. The lowest BCUT2D eigenvalue weighted by molar-refractivity contribution is -0.118. The Morgan fingerprint density at radius 3 is 2.81 bits per heavy atom. The van der Waals surface area contributed by atoms with Gasteiger partial charge in [-0.3, -0.25) is 14.6 Å². The molecular weight excluding hydrogens is 270 g/mol. The predicted octanol–water partition coefficient (Wildman–Crippen LogP) is 0.585. The first kappa shape index (κ1) is 13.4. The first-order valence-corrected chi connectivity index (χ1v) is 6.84. The first-order valence-electron chi connectivity index (χ1n) is 6.84. The minimum Gasteiger partial charge on any atom is -0.312 e. The predicted molar refractivity (Wildman–Crippen MR) is 78.5 cm³/mol. The molecule has 1 aliphatic rings. The van der Waals surface area contributed by atoms with E-state index in [4.69, 9.17) is 0 Å². The number of benzene rings is 1. The van der Waals surface area contributed by atoms with Crippen LogP contribution in [-0.2, 0) is 17.6 Å². The second-order valence-electron chi connectivity index (χ2n) is 5.07. The Hall–Kier alpha value is -2.63. The van der Waals surface area contributed by atoms with Gasteiger partial charge in [-0.15, -0.1) is 0 Å². The van der Waals surface area contributed by atoms with Crippen LogP contribution in [0.3, 0.4) is 0 Å². The number of carbonyl (C=O) groups excluding carboxylic acids is 1. The minimum absolute atomic E-state index is 0.00743. The highest BCUT2D eigenvalue weighted by molar-refractivity contribution is 5.95. The number of anilines is 1. The lowest BCUT2D eigenvalue weighted by atomic mass is 10.0. The smallest absolute Gasteiger partial charge is 0.312 e. The summed E-state index contributed by atoms with van der Waals surface area (Å²) in [6, 6.07) is 9.05.